The van der Waals surface area contributed by atoms with Gasteiger partial charge in [-0.05, 0) is 59.7 Å². The molecule has 35 heavy (non-hydrogen) atoms. The van der Waals surface area contributed by atoms with Crippen LogP contribution in [0.2, 0.25) is 5.02 Å². The third-order valence-corrected chi connectivity index (χ3v) is 7.36. The molecule has 0 bridgehead atoms. The van der Waals surface area contributed by atoms with Crippen LogP contribution in [0.3, 0.4) is 0 Å². The number of hydrazone groups is 1. The van der Waals surface area contributed by atoms with E-state index in [2.05, 4.69) is 31.2 Å². The summed E-state index contributed by atoms with van der Waals surface area (Å²) < 4.78 is 33.0. The summed E-state index contributed by atoms with van der Waals surface area (Å²) in [6, 6.07) is 19.2. The molecule has 0 unspecified atom stereocenters. The summed E-state index contributed by atoms with van der Waals surface area (Å²) in [5.41, 5.74) is 4.01. The van der Waals surface area contributed by atoms with Crippen molar-refractivity contribution in [3.63, 3.8) is 0 Å². The van der Waals surface area contributed by atoms with Gasteiger partial charge in [-0.2, -0.15) is 9.41 Å². The van der Waals surface area contributed by atoms with Gasteiger partial charge >= 0.3 is 5.97 Å². The van der Waals surface area contributed by atoms with Crippen molar-refractivity contribution >= 4 is 55.6 Å². The van der Waals surface area contributed by atoms with E-state index in [1.54, 1.807) is 60.7 Å². The van der Waals surface area contributed by atoms with E-state index in [0.717, 1.165) is 8.78 Å². The zero-order valence-electron chi connectivity index (χ0n) is 18.5. The second-order valence-corrected chi connectivity index (χ2v) is 10.6. The first kappa shape index (κ1) is 26.6. The van der Waals surface area contributed by atoms with Crippen molar-refractivity contribution in [2.75, 3.05) is 13.7 Å². The molecule has 3 aromatic rings. The van der Waals surface area contributed by atoms with E-state index < -0.39 is 28.4 Å². The Morgan fingerprint density at radius 2 is 1.66 bits per heavy atom. The van der Waals surface area contributed by atoms with Crippen molar-refractivity contribution in [1.29, 1.82) is 0 Å². The average Bonchev–Trinajstić information content (AvgIpc) is 2.85. The van der Waals surface area contributed by atoms with Gasteiger partial charge in [0.1, 0.15) is 0 Å². The van der Waals surface area contributed by atoms with E-state index in [-0.39, 0.29) is 11.4 Å². The lowest BCUT2D eigenvalue weighted by Gasteiger charge is -2.21. The van der Waals surface area contributed by atoms with Crippen LogP contribution in [0.15, 0.2) is 87.3 Å². The number of nitrogens with zero attached hydrogens (tertiary/aromatic N) is 2. The SMILES string of the molecule is COC(=O)c1ccc(/C=N\NC(=O)CN(Cc2ccc(Cl)cc2)S(=O)(=O)c2ccc(Br)cc2)cc1. The summed E-state index contributed by atoms with van der Waals surface area (Å²) in [6.07, 6.45) is 1.38. The number of ether oxygens (including phenoxy) is 1. The molecule has 0 aromatic heterocycles. The van der Waals surface area contributed by atoms with Crippen LogP contribution in [0.4, 0.5) is 0 Å². The molecular formula is C24H21BrClN3O5S. The maximum Gasteiger partial charge on any atom is 0.337 e. The molecule has 0 fully saturated rings. The lowest BCUT2D eigenvalue weighted by Crippen LogP contribution is -2.39. The molecule has 182 valence electrons. The lowest BCUT2D eigenvalue weighted by atomic mass is 10.1. The Bertz CT molecular complexity index is 1310. The van der Waals surface area contributed by atoms with Gasteiger partial charge in [-0.3, -0.25) is 4.79 Å². The van der Waals surface area contributed by atoms with Gasteiger partial charge in [0.05, 0.1) is 30.3 Å². The number of esters is 1. The molecule has 0 saturated carbocycles. The molecule has 0 heterocycles. The molecule has 0 aliphatic carbocycles. The van der Waals surface area contributed by atoms with Crippen molar-refractivity contribution < 1.29 is 22.7 Å². The molecule has 1 amide bonds. The summed E-state index contributed by atoms with van der Waals surface area (Å²) in [5.74, 6) is -1.09. The minimum atomic E-state index is -3.99. The van der Waals surface area contributed by atoms with Crippen LogP contribution in [-0.4, -0.2) is 44.5 Å². The lowest BCUT2D eigenvalue weighted by molar-refractivity contribution is -0.121. The van der Waals surface area contributed by atoms with Gasteiger partial charge in [-0.15, -0.1) is 0 Å². The van der Waals surface area contributed by atoms with E-state index in [4.69, 9.17) is 11.6 Å². The number of sulfonamides is 1. The summed E-state index contributed by atoms with van der Waals surface area (Å²) >= 11 is 9.22. The maximum atomic E-state index is 13.3. The van der Waals surface area contributed by atoms with Gasteiger partial charge in [-0.1, -0.05) is 51.8 Å². The normalized spacial score (nSPS) is 11.5. The van der Waals surface area contributed by atoms with Gasteiger partial charge in [0.25, 0.3) is 5.91 Å². The standard InChI is InChI=1S/C24H21BrClN3O5S/c1-34-24(31)19-6-2-17(3-7-19)14-27-28-23(30)16-29(15-18-4-10-21(26)11-5-18)35(32,33)22-12-8-20(25)9-13-22/h2-14H,15-16H2,1H3,(H,28,30)/b27-14-. The maximum absolute atomic E-state index is 13.3. The van der Waals surface area contributed by atoms with Crippen molar-refractivity contribution in [1.82, 2.24) is 9.73 Å². The number of hydrogen-bond donors (Lipinski definition) is 1. The zero-order chi connectivity index (χ0) is 25.4. The average molecular weight is 579 g/mol. The predicted molar refractivity (Wildman–Crippen MR) is 137 cm³/mol. The summed E-state index contributed by atoms with van der Waals surface area (Å²) in [5, 5.41) is 4.40. The first-order chi connectivity index (χ1) is 16.7. The number of amides is 1. The highest BCUT2D eigenvalue weighted by Crippen LogP contribution is 2.21. The highest BCUT2D eigenvalue weighted by molar-refractivity contribution is 9.10. The van der Waals surface area contributed by atoms with E-state index in [9.17, 15) is 18.0 Å². The van der Waals surface area contributed by atoms with Gasteiger partial charge in [0.15, 0.2) is 0 Å². The predicted octanol–water partition coefficient (Wildman–Crippen LogP) is 4.23. The third kappa shape index (κ3) is 7.46. The molecule has 0 aliphatic rings. The highest BCUT2D eigenvalue weighted by atomic mass is 79.9. The number of hydrogen-bond acceptors (Lipinski definition) is 6. The molecule has 3 rings (SSSR count). The monoisotopic (exact) mass is 577 g/mol. The van der Waals surface area contributed by atoms with Crippen molar-refractivity contribution in [3.05, 3.63) is 99.0 Å². The van der Waals surface area contributed by atoms with Crippen LogP contribution in [0.25, 0.3) is 0 Å². The van der Waals surface area contributed by atoms with Crippen LogP contribution in [0.5, 0.6) is 0 Å². The number of nitrogens with one attached hydrogen (secondary N) is 1. The molecule has 3 aromatic carbocycles. The molecule has 11 heteroatoms. The molecule has 1 N–H and O–H groups in total. The summed E-state index contributed by atoms with van der Waals surface area (Å²) in [4.78, 5) is 24.1. The fraction of sp³-hybridized carbons (Fsp3) is 0.125. The van der Waals surface area contributed by atoms with Crippen LogP contribution < -0.4 is 5.43 Å². The first-order valence-corrected chi connectivity index (χ1v) is 12.8. The Balaban J connectivity index is 1.74. The van der Waals surface area contributed by atoms with Crippen molar-refractivity contribution in [2.45, 2.75) is 11.4 Å². The van der Waals surface area contributed by atoms with Crippen LogP contribution in [0.1, 0.15) is 21.5 Å². The Labute approximate surface area is 216 Å². The fourth-order valence-electron chi connectivity index (χ4n) is 2.97. The largest absolute Gasteiger partial charge is 0.465 e. The van der Waals surface area contributed by atoms with E-state index in [1.807, 2.05) is 0 Å². The molecule has 0 spiro atoms. The second-order valence-electron chi connectivity index (χ2n) is 7.26. The topological polar surface area (TPSA) is 105 Å². The first-order valence-electron chi connectivity index (χ1n) is 10.2. The number of halogens is 2. The Hall–Kier alpha value is -3.05. The van der Waals surface area contributed by atoms with Gasteiger partial charge in [-0.25, -0.2) is 18.6 Å². The van der Waals surface area contributed by atoms with Crippen molar-refractivity contribution in [3.8, 4) is 0 Å². The van der Waals surface area contributed by atoms with Gasteiger partial charge in [0, 0.05) is 16.0 Å². The van der Waals surface area contributed by atoms with E-state index in [1.165, 1.54) is 25.5 Å². The molecule has 8 nitrogen and oxygen atoms in total. The highest BCUT2D eigenvalue weighted by Gasteiger charge is 2.27. The molecular weight excluding hydrogens is 558 g/mol. The molecule has 0 radical (unpaired) electrons. The van der Waals surface area contributed by atoms with Gasteiger partial charge in [0.2, 0.25) is 10.0 Å². The minimum absolute atomic E-state index is 0.0400. The summed E-state index contributed by atoms with van der Waals surface area (Å²) in [6.45, 7) is -0.499. The van der Waals surface area contributed by atoms with Crippen LogP contribution in [-0.2, 0) is 26.1 Å². The Morgan fingerprint density at radius 1 is 1.03 bits per heavy atom. The number of methoxy groups -OCH3 is 1. The number of carbonyl (C=O) groups excluding carboxylic acids is 2. The Morgan fingerprint density at radius 3 is 2.26 bits per heavy atom. The number of rotatable bonds is 9. The fourth-order valence-corrected chi connectivity index (χ4v) is 4.75. The summed E-state index contributed by atoms with van der Waals surface area (Å²) in [7, 11) is -2.70. The smallest absolute Gasteiger partial charge is 0.337 e. The van der Waals surface area contributed by atoms with Gasteiger partial charge < -0.3 is 4.74 Å². The second kappa shape index (κ2) is 12.1. The van der Waals surface area contributed by atoms with E-state index >= 15 is 0 Å². The van der Waals surface area contributed by atoms with Crippen LogP contribution >= 0.6 is 27.5 Å². The molecule has 0 atom stereocenters. The minimum Gasteiger partial charge on any atom is -0.465 e. The molecule has 0 saturated heterocycles. The van der Waals surface area contributed by atoms with E-state index in [0.29, 0.717) is 21.7 Å². The quantitative estimate of drug-likeness (QED) is 0.232. The number of carbonyl (C=O) groups is 2. The molecule has 0 aliphatic heterocycles. The Kier molecular flexibility index (Phi) is 9.16. The zero-order valence-corrected chi connectivity index (χ0v) is 21.7. The third-order valence-electron chi connectivity index (χ3n) is 4.78. The number of benzene rings is 3. The van der Waals surface area contributed by atoms with Crippen molar-refractivity contribution in [2.24, 2.45) is 5.10 Å². The van der Waals surface area contributed by atoms with Crippen LogP contribution in [0, 0.1) is 0 Å².